The summed E-state index contributed by atoms with van der Waals surface area (Å²) in [4.78, 5) is 24.6. The van der Waals surface area contributed by atoms with Gasteiger partial charge in [-0.3, -0.25) is 14.9 Å². The van der Waals surface area contributed by atoms with E-state index < -0.39 is 4.92 Å². The minimum atomic E-state index is -0.440. The molecule has 0 atom stereocenters. The minimum Gasteiger partial charge on any atom is -0.508 e. The van der Waals surface area contributed by atoms with E-state index in [1.165, 1.54) is 13.0 Å². The molecule has 130 valence electrons. The second kappa shape index (κ2) is 6.93. The molecule has 0 heterocycles. The molecule has 1 aliphatic carbocycles. The van der Waals surface area contributed by atoms with E-state index in [1.54, 1.807) is 30.3 Å². The molecular weight excluding hydrogens is 320 g/mol. The lowest BCUT2D eigenvalue weighted by molar-refractivity contribution is -0.384. The smallest absolute Gasteiger partial charge is 0.293 e. The fourth-order valence-electron chi connectivity index (χ4n) is 2.89. The van der Waals surface area contributed by atoms with Gasteiger partial charge in [-0.05, 0) is 55.5 Å². The van der Waals surface area contributed by atoms with Crippen molar-refractivity contribution in [2.45, 2.75) is 26.3 Å². The highest BCUT2D eigenvalue weighted by Gasteiger charge is 2.28. The Bertz CT molecular complexity index is 815. The number of phenolic OH excluding ortho intramolecular Hbond substituents is 1. The second-order valence-corrected chi connectivity index (χ2v) is 6.51. The number of phenols is 1. The summed E-state index contributed by atoms with van der Waals surface area (Å²) in [6.07, 6.45) is 2.24. The van der Waals surface area contributed by atoms with Crippen LogP contribution in [-0.4, -0.2) is 22.4 Å². The van der Waals surface area contributed by atoms with Crippen molar-refractivity contribution in [1.29, 1.82) is 0 Å². The highest BCUT2D eigenvalue weighted by Crippen LogP contribution is 2.36. The third kappa shape index (κ3) is 4.15. The molecule has 25 heavy (non-hydrogen) atoms. The van der Waals surface area contributed by atoms with Crippen molar-refractivity contribution in [2.75, 3.05) is 11.4 Å². The number of rotatable bonds is 7. The van der Waals surface area contributed by atoms with E-state index >= 15 is 0 Å². The third-order valence-electron chi connectivity index (χ3n) is 4.38. The molecule has 0 unspecified atom stereocenters. The molecule has 6 nitrogen and oxygen atoms in total. The van der Waals surface area contributed by atoms with Crippen molar-refractivity contribution < 1.29 is 14.8 Å². The largest absolute Gasteiger partial charge is 0.508 e. The quantitative estimate of drug-likeness (QED) is 0.469. The zero-order valence-corrected chi connectivity index (χ0v) is 14.0. The molecular formula is C19H20N2O4. The second-order valence-electron chi connectivity index (χ2n) is 6.51. The van der Waals surface area contributed by atoms with Gasteiger partial charge in [0.1, 0.15) is 11.4 Å². The molecule has 1 aliphatic rings. The topological polar surface area (TPSA) is 83.7 Å². The molecule has 1 N–H and O–H groups in total. The standard InChI is InChI=1S/C19H20N2O4/c1-13(22)16-7-8-18(19(10-16)21(24)25)20(11-14-5-6-14)12-15-3-2-4-17(23)9-15/h2-4,7-10,14,23H,5-6,11-12H2,1H3. The number of hydrogen-bond donors (Lipinski definition) is 1. The van der Waals surface area contributed by atoms with Crippen LogP contribution in [0.15, 0.2) is 42.5 Å². The first-order chi connectivity index (χ1) is 11.9. The van der Waals surface area contributed by atoms with Crippen LogP contribution in [0, 0.1) is 16.0 Å². The molecule has 2 aromatic rings. The van der Waals surface area contributed by atoms with Crippen LogP contribution >= 0.6 is 0 Å². The molecule has 3 rings (SSSR count). The Kier molecular flexibility index (Phi) is 4.70. The van der Waals surface area contributed by atoms with Crippen LogP contribution in [0.4, 0.5) is 11.4 Å². The number of benzene rings is 2. The molecule has 0 aliphatic heterocycles. The maximum Gasteiger partial charge on any atom is 0.293 e. The first-order valence-corrected chi connectivity index (χ1v) is 8.26. The summed E-state index contributed by atoms with van der Waals surface area (Å²) in [6, 6.07) is 11.5. The Hall–Kier alpha value is -2.89. The van der Waals surface area contributed by atoms with Gasteiger partial charge >= 0.3 is 0 Å². The Morgan fingerprint density at radius 2 is 2.04 bits per heavy atom. The molecule has 1 saturated carbocycles. The average Bonchev–Trinajstić information content (AvgIpc) is 3.37. The predicted octanol–water partition coefficient (Wildman–Crippen LogP) is 3.92. The lowest BCUT2D eigenvalue weighted by Crippen LogP contribution is -2.26. The van der Waals surface area contributed by atoms with Gasteiger partial charge in [0.15, 0.2) is 5.78 Å². The van der Waals surface area contributed by atoms with E-state index in [9.17, 15) is 20.0 Å². The summed E-state index contributed by atoms with van der Waals surface area (Å²) in [5.41, 5.74) is 1.66. The van der Waals surface area contributed by atoms with E-state index in [-0.39, 0.29) is 17.2 Å². The average molecular weight is 340 g/mol. The number of nitro benzene ring substituents is 1. The Morgan fingerprint density at radius 3 is 2.64 bits per heavy atom. The summed E-state index contributed by atoms with van der Waals surface area (Å²) in [5.74, 6) is 0.506. The minimum absolute atomic E-state index is 0.0616. The molecule has 0 saturated heterocycles. The normalized spacial score (nSPS) is 13.5. The Balaban J connectivity index is 1.97. The molecule has 2 aromatic carbocycles. The number of Topliss-reactive ketones (excluding diaryl/α,β-unsaturated/α-hetero) is 1. The van der Waals surface area contributed by atoms with E-state index in [1.807, 2.05) is 11.0 Å². The first-order valence-electron chi connectivity index (χ1n) is 8.26. The molecule has 0 bridgehead atoms. The fourth-order valence-corrected chi connectivity index (χ4v) is 2.89. The van der Waals surface area contributed by atoms with E-state index in [4.69, 9.17) is 0 Å². The van der Waals surface area contributed by atoms with Crippen LogP contribution in [0.3, 0.4) is 0 Å². The number of aromatic hydroxyl groups is 1. The summed E-state index contributed by atoms with van der Waals surface area (Å²) < 4.78 is 0. The molecule has 0 radical (unpaired) electrons. The summed E-state index contributed by atoms with van der Waals surface area (Å²) in [5, 5.41) is 21.2. The van der Waals surface area contributed by atoms with Gasteiger partial charge < -0.3 is 10.0 Å². The lowest BCUT2D eigenvalue weighted by Gasteiger charge is -2.25. The Labute approximate surface area is 145 Å². The van der Waals surface area contributed by atoms with Gasteiger partial charge in [0, 0.05) is 24.7 Å². The SMILES string of the molecule is CC(=O)c1ccc(N(Cc2cccc(O)c2)CC2CC2)c([N+](=O)[O-])c1. The van der Waals surface area contributed by atoms with Crippen molar-refractivity contribution in [1.82, 2.24) is 0 Å². The zero-order valence-electron chi connectivity index (χ0n) is 14.0. The monoisotopic (exact) mass is 340 g/mol. The lowest BCUT2D eigenvalue weighted by atomic mass is 10.1. The number of nitro groups is 1. The van der Waals surface area contributed by atoms with Crippen LogP contribution < -0.4 is 4.90 Å². The van der Waals surface area contributed by atoms with Crippen LogP contribution in [0.5, 0.6) is 5.75 Å². The van der Waals surface area contributed by atoms with E-state index in [2.05, 4.69) is 0 Å². The zero-order chi connectivity index (χ0) is 18.0. The highest BCUT2D eigenvalue weighted by atomic mass is 16.6. The summed E-state index contributed by atoms with van der Waals surface area (Å²) in [7, 11) is 0. The van der Waals surface area contributed by atoms with Gasteiger partial charge in [-0.2, -0.15) is 0 Å². The van der Waals surface area contributed by atoms with Crippen LogP contribution in [-0.2, 0) is 6.54 Å². The van der Waals surface area contributed by atoms with E-state index in [0.29, 0.717) is 23.7 Å². The number of nitrogens with zero attached hydrogens (tertiary/aromatic N) is 2. The van der Waals surface area contributed by atoms with Gasteiger partial charge in [0.2, 0.25) is 0 Å². The number of carbonyl (C=O) groups excluding carboxylic acids is 1. The van der Waals surface area contributed by atoms with Crippen LogP contribution in [0.1, 0.15) is 35.7 Å². The van der Waals surface area contributed by atoms with Gasteiger partial charge in [-0.25, -0.2) is 0 Å². The highest BCUT2D eigenvalue weighted by molar-refractivity contribution is 5.95. The Morgan fingerprint density at radius 1 is 1.28 bits per heavy atom. The number of hydrogen-bond acceptors (Lipinski definition) is 5. The fraction of sp³-hybridized carbons (Fsp3) is 0.316. The van der Waals surface area contributed by atoms with Crippen LogP contribution in [0.2, 0.25) is 0 Å². The third-order valence-corrected chi connectivity index (χ3v) is 4.38. The van der Waals surface area contributed by atoms with Crippen molar-refractivity contribution in [3.8, 4) is 5.75 Å². The van der Waals surface area contributed by atoms with Crippen LogP contribution in [0.25, 0.3) is 0 Å². The van der Waals surface area contributed by atoms with E-state index in [0.717, 1.165) is 24.9 Å². The summed E-state index contributed by atoms with van der Waals surface area (Å²) >= 11 is 0. The molecule has 6 heteroatoms. The van der Waals surface area contributed by atoms with Gasteiger partial charge in [0.05, 0.1) is 4.92 Å². The summed E-state index contributed by atoms with van der Waals surface area (Å²) in [6.45, 7) is 2.58. The first kappa shape index (κ1) is 17.0. The predicted molar refractivity (Wildman–Crippen MR) is 95.0 cm³/mol. The number of anilines is 1. The van der Waals surface area contributed by atoms with Gasteiger partial charge in [0.25, 0.3) is 5.69 Å². The molecule has 0 aromatic heterocycles. The maximum absolute atomic E-state index is 11.6. The van der Waals surface area contributed by atoms with Gasteiger partial charge in [-0.1, -0.05) is 12.1 Å². The number of carbonyl (C=O) groups is 1. The molecule has 1 fully saturated rings. The maximum atomic E-state index is 11.6. The molecule has 0 spiro atoms. The number of ketones is 1. The van der Waals surface area contributed by atoms with Crippen molar-refractivity contribution in [3.63, 3.8) is 0 Å². The van der Waals surface area contributed by atoms with Crippen molar-refractivity contribution in [3.05, 3.63) is 63.7 Å². The van der Waals surface area contributed by atoms with Crippen molar-refractivity contribution in [2.24, 2.45) is 5.92 Å². The van der Waals surface area contributed by atoms with Crippen molar-refractivity contribution >= 4 is 17.2 Å². The van der Waals surface area contributed by atoms with Gasteiger partial charge in [-0.15, -0.1) is 0 Å². The molecule has 0 amide bonds.